The zero-order valence-electron chi connectivity index (χ0n) is 9.99. The Morgan fingerprint density at radius 2 is 2.06 bits per heavy atom. The van der Waals surface area contributed by atoms with Gasteiger partial charge < -0.3 is 14.5 Å². The summed E-state index contributed by atoms with van der Waals surface area (Å²) in [4.78, 5) is 4.42. The molecule has 1 N–H and O–H groups in total. The van der Waals surface area contributed by atoms with Crippen molar-refractivity contribution >= 4 is 28.7 Å². The van der Waals surface area contributed by atoms with Crippen LogP contribution in [-0.2, 0) is 4.74 Å². The van der Waals surface area contributed by atoms with Crippen molar-refractivity contribution in [3.8, 4) is 0 Å². The Balaban J connectivity index is 1.85. The quantitative estimate of drug-likeness (QED) is 0.868. The van der Waals surface area contributed by atoms with E-state index >= 15 is 0 Å². The average Bonchev–Trinajstić information content (AvgIpc) is 2.81. The molecule has 0 spiro atoms. The molecular weight excluding hydrogens is 252 g/mol. The number of benzene rings is 1. The summed E-state index contributed by atoms with van der Waals surface area (Å²) in [5, 5.41) is 3.34. The van der Waals surface area contributed by atoms with E-state index in [9.17, 15) is 0 Å². The third kappa shape index (κ3) is 2.18. The van der Waals surface area contributed by atoms with Crippen molar-refractivity contribution in [3.63, 3.8) is 0 Å². The summed E-state index contributed by atoms with van der Waals surface area (Å²) in [6.07, 6.45) is 1.74. The summed E-state index contributed by atoms with van der Waals surface area (Å²) in [6.45, 7) is 1.44. The van der Waals surface area contributed by atoms with E-state index in [1.54, 1.807) is 0 Å². The number of para-hydroxylation sites is 2. The van der Waals surface area contributed by atoms with Gasteiger partial charge in [0.25, 0.3) is 6.01 Å². The molecule has 4 nitrogen and oxygen atoms in total. The number of fused-ring (bicyclic) bond motifs is 1. The molecule has 2 aromatic rings. The molecule has 96 valence electrons. The molecule has 0 saturated carbocycles. The first-order chi connectivity index (χ1) is 8.81. The molecule has 0 aliphatic carbocycles. The highest BCUT2D eigenvalue weighted by Gasteiger charge is 2.33. The van der Waals surface area contributed by atoms with Crippen LogP contribution in [-0.4, -0.2) is 29.6 Å². The number of aromatic nitrogens is 1. The molecule has 1 fully saturated rings. The average molecular weight is 267 g/mol. The van der Waals surface area contributed by atoms with Crippen LogP contribution in [0.2, 0.25) is 0 Å². The van der Waals surface area contributed by atoms with Gasteiger partial charge in [-0.25, -0.2) is 0 Å². The number of ether oxygens (including phenoxy) is 1. The maximum Gasteiger partial charge on any atom is 0.296 e. The minimum atomic E-state index is -0.166. The van der Waals surface area contributed by atoms with E-state index in [0.29, 0.717) is 11.9 Å². The summed E-state index contributed by atoms with van der Waals surface area (Å²) in [5.41, 5.74) is 1.48. The number of nitrogens with zero attached hydrogens (tertiary/aromatic N) is 1. The lowest BCUT2D eigenvalue weighted by molar-refractivity contribution is 0.0661. The summed E-state index contributed by atoms with van der Waals surface area (Å²) in [5.74, 6) is 0.523. The van der Waals surface area contributed by atoms with E-state index < -0.39 is 0 Å². The maximum atomic E-state index is 6.10. The van der Waals surface area contributed by atoms with Crippen LogP contribution in [0, 0.1) is 0 Å². The summed E-state index contributed by atoms with van der Waals surface area (Å²) >= 11 is 6.10. The highest BCUT2D eigenvalue weighted by atomic mass is 35.5. The SMILES string of the molecule is ClCC1(Nc2nc3ccccc3o2)CCOCC1. The highest BCUT2D eigenvalue weighted by molar-refractivity contribution is 6.18. The van der Waals surface area contributed by atoms with Gasteiger partial charge >= 0.3 is 0 Å². The molecule has 3 rings (SSSR count). The molecule has 5 heteroatoms. The number of anilines is 1. The molecule has 1 aromatic heterocycles. The maximum absolute atomic E-state index is 6.10. The minimum Gasteiger partial charge on any atom is -0.424 e. The first kappa shape index (κ1) is 11.8. The van der Waals surface area contributed by atoms with Crippen LogP contribution in [0.15, 0.2) is 28.7 Å². The van der Waals surface area contributed by atoms with Gasteiger partial charge in [0.15, 0.2) is 5.58 Å². The van der Waals surface area contributed by atoms with E-state index in [1.807, 2.05) is 24.3 Å². The van der Waals surface area contributed by atoms with Crippen LogP contribution in [0.1, 0.15) is 12.8 Å². The van der Waals surface area contributed by atoms with Crippen molar-refractivity contribution in [2.24, 2.45) is 0 Å². The molecule has 18 heavy (non-hydrogen) atoms. The Morgan fingerprint density at radius 1 is 1.28 bits per heavy atom. The fourth-order valence-corrected chi connectivity index (χ4v) is 2.54. The highest BCUT2D eigenvalue weighted by Crippen LogP contribution is 2.28. The van der Waals surface area contributed by atoms with E-state index in [-0.39, 0.29) is 5.54 Å². The summed E-state index contributed by atoms with van der Waals surface area (Å²) < 4.78 is 11.0. The number of hydrogen-bond donors (Lipinski definition) is 1. The lowest BCUT2D eigenvalue weighted by Gasteiger charge is -2.35. The monoisotopic (exact) mass is 266 g/mol. The van der Waals surface area contributed by atoms with Crippen LogP contribution in [0.3, 0.4) is 0 Å². The van der Waals surface area contributed by atoms with Crippen LogP contribution in [0.25, 0.3) is 11.1 Å². The second-order valence-electron chi connectivity index (χ2n) is 4.64. The smallest absolute Gasteiger partial charge is 0.296 e. The largest absolute Gasteiger partial charge is 0.424 e. The second-order valence-corrected chi connectivity index (χ2v) is 4.91. The number of alkyl halides is 1. The Bertz CT molecular complexity index is 502. The molecule has 1 aromatic carbocycles. The molecule has 1 aliphatic heterocycles. The first-order valence-electron chi connectivity index (χ1n) is 6.09. The predicted molar refractivity (Wildman–Crippen MR) is 71.1 cm³/mol. The Hall–Kier alpha value is -1.26. The lowest BCUT2D eigenvalue weighted by Crippen LogP contribution is -2.45. The number of nitrogens with one attached hydrogen (secondary N) is 1. The van der Waals surface area contributed by atoms with Crippen molar-refractivity contribution in [3.05, 3.63) is 24.3 Å². The first-order valence-corrected chi connectivity index (χ1v) is 6.62. The van der Waals surface area contributed by atoms with Crippen molar-refractivity contribution in [1.82, 2.24) is 4.98 Å². The lowest BCUT2D eigenvalue weighted by atomic mass is 9.92. The van der Waals surface area contributed by atoms with Crippen molar-refractivity contribution < 1.29 is 9.15 Å². The third-order valence-electron chi connectivity index (χ3n) is 3.37. The van der Waals surface area contributed by atoms with Crippen LogP contribution in [0.4, 0.5) is 6.01 Å². The van der Waals surface area contributed by atoms with Gasteiger partial charge in [-0.05, 0) is 25.0 Å². The van der Waals surface area contributed by atoms with Gasteiger partial charge in [-0.3, -0.25) is 0 Å². The molecule has 1 aliphatic rings. The Morgan fingerprint density at radius 3 is 2.78 bits per heavy atom. The number of hydrogen-bond acceptors (Lipinski definition) is 4. The standard InChI is InChI=1S/C13H15ClN2O2/c14-9-13(5-7-17-8-6-13)16-12-15-10-3-1-2-4-11(10)18-12/h1-4H,5-9H2,(H,15,16). The third-order valence-corrected chi connectivity index (χ3v) is 3.88. The number of halogens is 1. The van der Waals surface area contributed by atoms with Gasteiger partial charge in [-0.1, -0.05) is 12.1 Å². The van der Waals surface area contributed by atoms with E-state index in [4.69, 9.17) is 20.8 Å². The molecule has 0 unspecified atom stereocenters. The fourth-order valence-electron chi connectivity index (χ4n) is 2.21. The normalized spacial score (nSPS) is 18.9. The van der Waals surface area contributed by atoms with Crippen molar-refractivity contribution in [1.29, 1.82) is 0 Å². The zero-order valence-corrected chi connectivity index (χ0v) is 10.7. The van der Waals surface area contributed by atoms with E-state index in [2.05, 4.69) is 10.3 Å². The van der Waals surface area contributed by atoms with Crippen molar-refractivity contribution in [2.75, 3.05) is 24.4 Å². The minimum absolute atomic E-state index is 0.166. The second kappa shape index (κ2) is 4.78. The Labute approximate surface area is 110 Å². The molecule has 2 heterocycles. The number of oxazole rings is 1. The van der Waals surface area contributed by atoms with Crippen LogP contribution >= 0.6 is 11.6 Å². The van der Waals surface area contributed by atoms with Gasteiger partial charge in [-0.2, -0.15) is 4.98 Å². The van der Waals surface area contributed by atoms with Gasteiger partial charge in [-0.15, -0.1) is 11.6 Å². The zero-order chi connectivity index (χ0) is 12.4. The molecule has 0 atom stereocenters. The fraction of sp³-hybridized carbons (Fsp3) is 0.462. The topological polar surface area (TPSA) is 47.3 Å². The summed E-state index contributed by atoms with van der Waals surface area (Å²) in [6, 6.07) is 8.26. The van der Waals surface area contributed by atoms with Gasteiger partial charge in [0.2, 0.25) is 0 Å². The number of rotatable bonds is 3. The molecular formula is C13H15ClN2O2. The molecule has 0 radical (unpaired) electrons. The van der Waals surface area contributed by atoms with E-state index in [0.717, 1.165) is 37.2 Å². The molecule has 0 bridgehead atoms. The summed E-state index contributed by atoms with van der Waals surface area (Å²) in [7, 11) is 0. The van der Waals surface area contributed by atoms with Gasteiger partial charge in [0.05, 0.1) is 5.54 Å². The van der Waals surface area contributed by atoms with Crippen molar-refractivity contribution in [2.45, 2.75) is 18.4 Å². The molecule has 1 saturated heterocycles. The van der Waals surface area contributed by atoms with E-state index in [1.165, 1.54) is 0 Å². The van der Waals surface area contributed by atoms with Crippen LogP contribution in [0.5, 0.6) is 0 Å². The van der Waals surface area contributed by atoms with Gasteiger partial charge in [0.1, 0.15) is 5.52 Å². The van der Waals surface area contributed by atoms with Crippen LogP contribution < -0.4 is 5.32 Å². The molecule has 0 amide bonds. The Kier molecular flexibility index (Phi) is 3.14. The predicted octanol–water partition coefficient (Wildman–Crippen LogP) is 3.03. The van der Waals surface area contributed by atoms with Gasteiger partial charge in [0, 0.05) is 19.1 Å².